The summed E-state index contributed by atoms with van der Waals surface area (Å²) < 4.78 is 28.0. The quantitative estimate of drug-likeness (QED) is 0.452. The fourth-order valence-corrected chi connectivity index (χ4v) is 6.06. The van der Waals surface area contributed by atoms with Gasteiger partial charge >= 0.3 is 0 Å². The first-order valence-corrected chi connectivity index (χ1v) is 13.3. The molecular formula is C24H32N4O3S2. The van der Waals surface area contributed by atoms with E-state index in [1.807, 2.05) is 45.8 Å². The fraction of sp³-hybridized carbons (Fsp3) is 0.417. The van der Waals surface area contributed by atoms with Gasteiger partial charge in [-0.1, -0.05) is 31.3 Å². The summed E-state index contributed by atoms with van der Waals surface area (Å²) in [5.41, 5.74) is 3.62. The van der Waals surface area contributed by atoms with Crippen molar-refractivity contribution in [2.24, 2.45) is 0 Å². The number of aryl methyl sites for hydroxylation is 2. The largest absolute Gasteiger partial charge is 0.308 e. The molecular weight excluding hydrogens is 456 g/mol. The average molecular weight is 489 g/mol. The van der Waals surface area contributed by atoms with Crippen molar-refractivity contribution in [2.45, 2.75) is 32.6 Å². The minimum atomic E-state index is -3.57. The predicted molar refractivity (Wildman–Crippen MR) is 136 cm³/mol. The van der Waals surface area contributed by atoms with E-state index in [9.17, 15) is 13.2 Å². The van der Waals surface area contributed by atoms with Gasteiger partial charge in [-0.15, -0.1) is 0 Å². The van der Waals surface area contributed by atoms with E-state index < -0.39 is 10.0 Å². The molecule has 0 fully saturated rings. The van der Waals surface area contributed by atoms with Crippen LogP contribution in [0.15, 0.2) is 41.3 Å². The minimum absolute atomic E-state index is 0.189. The zero-order chi connectivity index (χ0) is 24.3. The summed E-state index contributed by atoms with van der Waals surface area (Å²) in [5.74, 6) is -0.197. The molecule has 0 aliphatic carbocycles. The lowest BCUT2D eigenvalue weighted by molar-refractivity contribution is 0.0985. The highest BCUT2D eigenvalue weighted by molar-refractivity contribution is 7.89. The van der Waals surface area contributed by atoms with Crippen LogP contribution in [-0.4, -0.2) is 68.8 Å². The van der Waals surface area contributed by atoms with E-state index >= 15 is 0 Å². The number of fused-ring (bicyclic) bond motifs is 1. The number of nitrogens with zero attached hydrogens (tertiary/aromatic N) is 4. The number of hydrogen-bond donors (Lipinski definition) is 0. The second-order valence-corrected chi connectivity index (χ2v) is 11.2. The van der Waals surface area contributed by atoms with Crippen molar-refractivity contribution in [2.75, 3.05) is 45.2 Å². The number of aromatic nitrogens is 1. The summed E-state index contributed by atoms with van der Waals surface area (Å²) in [6.45, 7) is 9.66. The van der Waals surface area contributed by atoms with Crippen LogP contribution >= 0.6 is 11.3 Å². The second kappa shape index (κ2) is 10.3. The van der Waals surface area contributed by atoms with Gasteiger partial charge in [-0.3, -0.25) is 9.69 Å². The van der Waals surface area contributed by atoms with Gasteiger partial charge in [0.15, 0.2) is 5.13 Å². The van der Waals surface area contributed by atoms with Gasteiger partial charge in [-0.25, -0.2) is 13.4 Å². The standard InChI is InChI=1S/C24H32N4O3S2/c1-7-27(8-2)33(30,31)20-12-10-19(11-13-20)23(29)28(16-15-26(5)6)24-25-22-18(4)17(3)9-14-21(22)32-24/h9-14H,7-8,15-16H2,1-6H3. The van der Waals surface area contributed by atoms with Crippen LogP contribution in [0.4, 0.5) is 5.13 Å². The molecule has 2 aromatic carbocycles. The maximum atomic E-state index is 13.5. The number of sulfonamides is 1. The van der Waals surface area contributed by atoms with Gasteiger partial charge in [0.1, 0.15) is 0 Å². The van der Waals surface area contributed by atoms with Crippen molar-refractivity contribution in [3.05, 3.63) is 53.1 Å². The monoisotopic (exact) mass is 488 g/mol. The van der Waals surface area contributed by atoms with Crippen LogP contribution in [0.25, 0.3) is 10.2 Å². The molecule has 1 aromatic heterocycles. The molecule has 33 heavy (non-hydrogen) atoms. The smallest absolute Gasteiger partial charge is 0.260 e. The van der Waals surface area contributed by atoms with Crippen LogP contribution in [0.1, 0.15) is 35.3 Å². The lowest BCUT2D eigenvalue weighted by Gasteiger charge is -2.22. The van der Waals surface area contributed by atoms with E-state index in [0.717, 1.165) is 21.3 Å². The lowest BCUT2D eigenvalue weighted by Crippen LogP contribution is -2.36. The molecule has 7 nitrogen and oxygen atoms in total. The molecule has 3 rings (SSSR count). The first-order valence-electron chi connectivity index (χ1n) is 11.0. The average Bonchev–Trinajstić information content (AvgIpc) is 3.21. The van der Waals surface area contributed by atoms with Gasteiger partial charge in [0.2, 0.25) is 10.0 Å². The van der Waals surface area contributed by atoms with Crippen molar-refractivity contribution >= 4 is 42.6 Å². The molecule has 0 unspecified atom stereocenters. The number of rotatable bonds is 9. The molecule has 0 radical (unpaired) electrons. The van der Waals surface area contributed by atoms with Crippen molar-refractivity contribution < 1.29 is 13.2 Å². The molecule has 0 saturated heterocycles. The molecule has 0 atom stereocenters. The van der Waals surface area contributed by atoms with Gasteiger partial charge in [-0.2, -0.15) is 4.31 Å². The normalized spacial score (nSPS) is 12.1. The Hall–Kier alpha value is -2.33. The van der Waals surface area contributed by atoms with Crippen molar-refractivity contribution in [1.29, 1.82) is 0 Å². The highest BCUT2D eigenvalue weighted by Gasteiger charge is 2.25. The summed E-state index contributed by atoms with van der Waals surface area (Å²) in [7, 11) is 0.347. The van der Waals surface area contributed by atoms with Crippen molar-refractivity contribution in [3.8, 4) is 0 Å². The summed E-state index contributed by atoms with van der Waals surface area (Å²) in [6.07, 6.45) is 0. The number of benzene rings is 2. The van der Waals surface area contributed by atoms with E-state index in [2.05, 4.69) is 13.0 Å². The summed E-state index contributed by atoms with van der Waals surface area (Å²) in [5, 5.41) is 0.644. The Labute approximate surface area is 200 Å². The van der Waals surface area contributed by atoms with E-state index in [1.54, 1.807) is 17.0 Å². The van der Waals surface area contributed by atoms with Crippen molar-refractivity contribution in [3.63, 3.8) is 0 Å². The van der Waals surface area contributed by atoms with Crippen LogP contribution in [0.5, 0.6) is 0 Å². The van der Waals surface area contributed by atoms with Crippen molar-refractivity contribution in [1.82, 2.24) is 14.2 Å². The third-order valence-corrected chi connectivity index (χ3v) is 8.87. The van der Waals surface area contributed by atoms with Gasteiger partial charge in [0.25, 0.3) is 5.91 Å². The molecule has 3 aromatic rings. The Kier molecular flexibility index (Phi) is 7.89. The summed E-state index contributed by atoms with van der Waals surface area (Å²) >= 11 is 1.49. The molecule has 0 aliphatic heterocycles. The third kappa shape index (κ3) is 5.27. The molecule has 1 amide bonds. The van der Waals surface area contributed by atoms with Crippen LogP contribution in [0, 0.1) is 13.8 Å². The Bertz CT molecular complexity index is 1230. The number of thiazole rings is 1. The number of hydrogen-bond acceptors (Lipinski definition) is 6. The van der Waals surface area contributed by atoms with Crippen LogP contribution in [-0.2, 0) is 10.0 Å². The molecule has 1 heterocycles. The molecule has 0 saturated carbocycles. The molecule has 178 valence electrons. The lowest BCUT2D eigenvalue weighted by atomic mass is 10.1. The Morgan fingerprint density at radius 1 is 0.970 bits per heavy atom. The van der Waals surface area contributed by atoms with E-state index in [0.29, 0.717) is 36.9 Å². The maximum absolute atomic E-state index is 13.5. The molecule has 0 spiro atoms. The summed E-state index contributed by atoms with van der Waals surface area (Å²) in [6, 6.07) is 10.3. The van der Waals surface area contributed by atoms with Gasteiger partial charge in [-0.05, 0) is 69.4 Å². The van der Waals surface area contributed by atoms with Gasteiger partial charge < -0.3 is 4.90 Å². The zero-order valence-electron chi connectivity index (χ0n) is 20.1. The minimum Gasteiger partial charge on any atom is -0.308 e. The predicted octanol–water partition coefficient (Wildman–Crippen LogP) is 4.15. The SMILES string of the molecule is CCN(CC)S(=O)(=O)c1ccc(C(=O)N(CCN(C)C)c2nc3c(C)c(C)ccc3s2)cc1. The topological polar surface area (TPSA) is 73.8 Å². The number of amides is 1. The number of anilines is 1. The molecule has 0 N–H and O–H groups in total. The van der Waals surface area contributed by atoms with Gasteiger partial charge in [0, 0.05) is 31.7 Å². The first kappa shape index (κ1) is 25.3. The van der Waals surface area contributed by atoms with E-state index in [4.69, 9.17) is 4.98 Å². The Morgan fingerprint density at radius 2 is 1.61 bits per heavy atom. The van der Waals surface area contributed by atoms with Crippen LogP contribution in [0.3, 0.4) is 0 Å². The second-order valence-electron chi connectivity index (χ2n) is 8.22. The maximum Gasteiger partial charge on any atom is 0.260 e. The highest BCUT2D eigenvalue weighted by atomic mass is 32.2. The van der Waals surface area contributed by atoms with Crippen LogP contribution in [0.2, 0.25) is 0 Å². The van der Waals surface area contributed by atoms with Crippen LogP contribution < -0.4 is 4.90 Å². The molecule has 0 bridgehead atoms. The number of carbonyl (C=O) groups is 1. The first-order chi connectivity index (χ1) is 15.6. The highest BCUT2D eigenvalue weighted by Crippen LogP contribution is 2.32. The third-order valence-electron chi connectivity index (χ3n) is 5.76. The Morgan fingerprint density at radius 3 is 2.18 bits per heavy atom. The number of carbonyl (C=O) groups excluding carboxylic acids is 1. The Balaban J connectivity index is 1.97. The van der Waals surface area contributed by atoms with Gasteiger partial charge in [0.05, 0.1) is 15.1 Å². The van der Waals surface area contributed by atoms with E-state index in [-0.39, 0.29) is 10.8 Å². The zero-order valence-corrected chi connectivity index (χ0v) is 21.8. The molecule has 0 aliphatic rings. The summed E-state index contributed by atoms with van der Waals surface area (Å²) in [4.78, 5) is 22.2. The fourth-order valence-electron chi connectivity index (χ4n) is 3.55. The van der Waals surface area contributed by atoms with E-state index in [1.165, 1.54) is 27.8 Å². The number of likely N-dealkylation sites (N-methyl/N-ethyl adjacent to an activating group) is 1. The molecule has 9 heteroatoms.